The Morgan fingerprint density at radius 3 is 2.75 bits per heavy atom. The standard InChI is InChI=1S/C16H23ClN2O/c1-2-3-4-5-6-7-11-16(20)19-18-13-14-9-8-10-15(17)12-14/h8-10,12-13H,2-7,11H2,1H3,(H,19,20). The first kappa shape index (κ1) is 16.7. The van der Waals surface area contributed by atoms with Gasteiger partial charge in [0, 0.05) is 11.4 Å². The van der Waals surface area contributed by atoms with Crippen LogP contribution in [0.3, 0.4) is 0 Å². The van der Waals surface area contributed by atoms with Gasteiger partial charge in [-0.05, 0) is 24.1 Å². The van der Waals surface area contributed by atoms with Crippen molar-refractivity contribution in [1.29, 1.82) is 0 Å². The van der Waals surface area contributed by atoms with E-state index in [2.05, 4.69) is 17.5 Å². The van der Waals surface area contributed by atoms with Crippen LogP contribution in [0.5, 0.6) is 0 Å². The second-order valence-electron chi connectivity index (χ2n) is 4.87. The number of unbranched alkanes of at least 4 members (excludes halogenated alkanes) is 5. The van der Waals surface area contributed by atoms with Crippen molar-refractivity contribution >= 4 is 23.7 Å². The van der Waals surface area contributed by atoms with Crippen LogP contribution in [0.15, 0.2) is 29.4 Å². The lowest BCUT2D eigenvalue weighted by Gasteiger charge is -2.00. The summed E-state index contributed by atoms with van der Waals surface area (Å²) in [4.78, 5) is 11.5. The summed E-state index contributed by atoms with van der Waals surface area (Å²) in [5.74, 6) is -0.0289. The Morgan fingerprint density at radius 1 is 1.25 bits per heavy atom. The van der Waals surface area contributed by atoms with Crippen molar-refractivity contribution < 1.29 is 4.79 Å². The average Bonchev–Trinajstić information content (AvgIpc) is 2.43. The summed E-state index contributed by atoms with van der Waals surface area (Å²) in [6.07, 6.45) is 9.21. The molecule has 0 unspecified atom stereocenters. The lowest BCUT2D eigenvalue weighted by Crippen LogP contribution is -2.16. The maximum Gasteiger partial charge on any atom is 0.240 e. The third-order valence-electron chi connectivity index (χ3n) is 3.01. The summed E-state index contributed by atoms with van der Waals surface area (Å²) in [7, 11) is 0. The molecule has 0 fully saturated rings. The van der Waals surface area contributed by atoms with Crippen LogP contribution in [0.1, 0.15) is 57.4 Å². The summed E-state index contributed by atoms with van der Waals surface area (Å²) >= 11 is 5.86. The van der Waals surface area contributed by atoms with Crippen LogP contribution in [-0.2, 0) is 4.79 Å². The molecule has 3 nitrogen and oxygen atoms in total. The van der Waals surface area contributed by atoms with E-state index in [4.69, 9.17) is 11.6 Å². The highest BCUT2D eigenvalue weighted by Crippen LogP contribution is 2.09. The van der Waals surface area contributed by atoms with E-state index in [0.29, 0.717) is 11.4 Å². The monoisotopic (exact) mass is 294 g/mol. The third kappa shape index (κ3) is 7.95. The number of benzene rings is 1. The number of carbonyl (C=O) groups excluding carboxylic acids is 1. The van der Waals surface area contributed by atoms with Gasteiger partial charge in [-0.25, -0.2) is 5.43 Å². The van der Waals surface area contributed by atoms with Crippen molar-refractivity contribution in [2.75, 3.05) is 0 Å². The van der Waals surface area contributed by atoms with Crippen molar-refractivity contribution in [2.45, 2.75) is 51.9 Å². The number of nitrogens with one attached hydrogen (secondary N) is 1. The summed E-state index contributed by atoms with van der Waals surface area (Å²) in [5.41, 5.74) is 3.41. The molecule has 0 saturated carbocycles. The van der Waals surface area contributed by atoms with Gasteiger partial charge in [-0.15, -0.1) is 0 Å². The smallest absolute Gasteiger partial charge is 0.240 e. The van der Waals surface area contributed by atoms with Gasteiger partial charge in [-0.3, -0.25) is 4.79 Å². The maximum absolute atomic E-state index is 11.5. The molecular weight excluding hydrogens is 272 g/mol. The Kier molecular flexibility index (Phi) is 8.72. The zero-order chi connectivity index (χ0) is 14.6. The highest BCUT2D eigenvalue weighted by atomic mass is 35.5. The lowest BCUT2D eigenvalue weighted by molar-refractivity contribution is -0.121. The molecule has 1 aromatic carbocycles. The topological polar surface area (TPSA) is 41.5 Å². The number of amides is 1. The molecule has 20 heavy (non-hydrogen) atoms. The summed E-state index contributed by atoms with van der Waals surface area (Å²) in [6.45, 7) is 2.20. The summed E-state index contributed by atoms with van der Waals surface area (Å²) in [6, 6.07) is 7.33. The molecule has 0 spiro atoms. The fourth-order valence-electron chi connectivity index (χ4n) is 1.89. The Labute approximate surface area is 126 Å². The molecule has 0 radical (unpaired) electrons. The Hall–Kier alpha value is -1.35. The van der Waals surface area contributed by atoms with E-state index < -0.39 is 0 Å². The number of halogens is 1. The molecule has 1 amide bonds. The van der Waals surface area contributed by atoms with Crippen LogP contribution in [0.4, 0.5) is 0 Å². The van der Waals surface area contributed by atoms with Gasteiger partial charge in [-0.2, -0.15) is 5.10 Å². The SMILES string of the molecule is CCCCCCCCC(=O)NN=Cc1cccc(Cl)c1. The van der Waals surface area contributed by atoms with Crippen LogP contribution in [0.2, 0.25) is 5.02 Å². The zero-order valence-corrected chi connectivity index (χ0v) is 12.8. The lowest BCUT2D eigenvalue weighted by atomic mass is 10.1. The number of rotatable bonds is 9. The largest absolute Gasteiger partial charge is 0.273 e. The quantitative estimate of drug-likeness (QED) is 0.405. The number of nitrogens with zero attached hydrogens (tertiary/aromatic N) is 1. The van der Waals surface area contributed by atoms with Crippen molar-refractivity contribution in [2.24, 2.45) is 5.10 Å². The van der Waals surface area contributed by atoms with Crippen LogP contribution < -0.4 is 5.43 Å². The van der Waals surface area contributed by atoms with Crippen LogP contribution in [0, 0.1) is 0 Å². The molecule has 110 valence electrons. The first-order chi connectivity index (χ1) is 9.72. The number of hydrogen-bond donors (Lipinski definition) is 1. The fraction of sp³-hybridized carbons (Fsp3) is 0.500. The van der Waals surface area contributed by atoms with Gasteiger partial charge in [0.1, 0.15) is 0 Å². The van der Waals surface area contributed by atoms with Gasteiger partial charge in [-0.1, -0.05) is 62.8 Å². The first-order valence-electron chi connectivity index (χ1n) is 7.30. The van der Waals surface area contributed by atoms with Crippen molar-refractivity contribution in [3.63, 3.8) is 0 Å². The molecule has 1 aromatic rings. The molecular formula is C16H23ClN2O. The molecule has 0 aliphatic carbocycles. The van der Waals surface area contributed by atoms with Gasteiger partial charge in [0.25, 0.3) is 0 Å². The van der Waals surface area contributed by atoms with E-state index in [1.165, 1.54) is 25.7 Å². The van der Waals surface area contributed by atoms with Gasteiger partial charge < -0.3 is 0 Å². The maximum atomic E-state index is 11.5. The van der Waals surface area contributed by atoms with E-state index in [9.17, 15) is 4.79 Å². The van der Waals surface area contributed by atoms with E-state index in [1.54, 1.807) is 18.3 Å². The van der Waals surface area contributed by atoms with Crippen LogP contribution in [0.25, 0.3) is 0 Å². The highest BCUT2D eigenvalue weighted by molar-refractivity contribution is 6.30. The molecule has 0 aliphatic rings. The third-order valence-corrected chi connectivity index (χ3v) is 3.24. The van der Waals surface area contributed by atoms with Crippen molar-refractivity contribution in [3.05, 3.63) is 34.9 Å². The van der Waals surface area contributed by atoms with Crippen molar-refractivity contribution in [3.8, 4) is 0 Å². The first-order valence-corrected chi connectivity index (χ1v) is 7.67. The normalized spacial score (nSPS) is 10.9. The average molecular weight is 295 g/mol. The second-order valence-corrected chi connectivity index (χ2v) is 5.30. The number of hydrogen-bond acceptors (Lipinski definition) is 2. The highest BCUT2D eigenvalue weighted by Gasteiger charge is 1.99. The van der Waals surface area contributed by atoms with E-state index in [-0.39, 0.29) is 5.91 Å². The predicted octanol–water partition coefficient (Wildman–Crippen LogP) is 4.54. The van der Waals surface area contributed by atoms with E-state index in [1.807, 2.05) is 12.1 Å². The van der Waals surface area contributed by atoms with Gasteiger partial charge in [0.2, 0.25) is 5.91 Å². The predicted molar refractivity (Wildman–Crippen MR) is 85.2 cm³/mol. The molecule has 0 aromatic heterocycles. The Morgan fingerprint density at radius 2 is 2.00 bits per heavy atom. The van der Waals surface area contributed by atoms with E-state index in [0.717, 1.165) is 18.4 Å². The Bertz CT molecular complexity index is 432. The summed E-state index contributed by atoms with van der Waals surface area (Å²) in [5, 5.41) is 4.59. The van der Waals surface area contributed by atoms with Crippen LogP contribution in [-0.4, -0.2) is 12.1 Å². The van der Waals surface area contributed by atoms with Crippen LogP contribution >= 0.6 is 11.6 Å². The van der Waals surface area contributed by atoms with E-state index >= 15 is 0 Å². The van der Waals surface area contributed by atoms with Crippen molar-refractivity contribution in [1.82, 2.24) is 5.43 Å². The number of hydrazone groups is 1. The minimum Gasteiger partial charge on any atom is -0.273 e. The molecule has 0 atom stereocenters. The second kappa shape index (κ2) is 10.4. The molecule has 0 bridgehead atoms. The molecule has 0 heterocycles. The number of carbonyl (C=O) groups is 1. The zero-order valence-electron chi connectivity index (χ0n) is 12.1. The minimum atomic E-state index is -0.0289. The molecule has 1 rings (SSSR count). The van der Waals surface area contributed by atoms with Gasteiger partial charge >= 0.3 is 0 Å². The molecule has 1 N–H and O–H groups in total. The van der Waals surface area contributed by atoms with Gasteiger partial charge in [0.05, 0.1) is 6.21 Å². The minimum absolute atomic E-state index is 0.0289. The fourth-order valence-corrected chi connectivity index (χ4v) is 2.09. The summed E-state index contributed by atoms with van der Waals surface area (Å²) < 4.78 is 0. The molecule has 0 aliphatic heterocycles. The Balaban J connectivity index is 2.13. The van der Waals surface area contributed by atoms with Gasteiger partial charge in [0.15, 0.2) is 0 Å². The molecule has 0 saturated heterocycles. The molecule has 4 heteroatoms.